The molecule has 0 atom stereocenters. The highest BCUT2D eigenvalue weighted by Gasteiger charge is 2.12. The number of rotatable bonds is 4. The first-order valence-electron chi connectivity index (χ1n) is 6.28. The minimum Gasteiger partial charge on any atom is -0.404 e. The van der Waals surface area contributed by atoms with E-state index in [1.807, 2.05) is 18.2 Å². The van der Waals surface area contributed by atoms with Gasteiger partial charge in [0.05, 0.1) is 0 Å². The number of hydrogen-bond donors (Lipinski definition) is 2. The second-order valence-electron chi connectivity index (χ2n) is 4.28. The summed E-state index contributed by atoms with van der Waals surface area (Å²) >= 11 is 0. The first kappa shape index (κ1) is 13.1. The summed E-state index contributed by atoms with van der Waals surface area (Å²) in [4.78, 5) is 13.4. The van der Waals surface area contributed by atoms with Crippen LogP contribution in [0, 0.1) is 0 Å². The molecule has 1 aromatic carbocycles. The number of fused-ring (bicyclic) bond motifs is 1. The first-order chi connectivity index (χ1) is 9.06. The van der Waals surface area contributed by atoms with Crippen molar-refractivity contribution in [1.82, 2.24) is 0 Å². The predicted molar refractivity (Wildman–Crippen MR) is 73.4 cm³/mol. The Hall–Kier alpha value is -2.30. The fourth-order valence-corrected chi connectivity index (χ4v) is 2.11. The zero-order valence-electron chi connectivity index (χ0n) is 11.1. The topological polar surface area (TPSA) is 85.1 Å². The van der Waals surface area contributed by atoms with Gasteiger partial charge in [-0.25, -0.2) is 5.41 Å². The predicted octanol–water partition coefficient (Wildman–Crippen LogP) is 0.0377. The van der Waals surface area contributed by atoms with Crippen LogP contribution in [-0.2, 0) is 0 Å². The average molecular weight is 260 g/mol. The molecule has 0 bridgehead atoms. The van der Waals surface area contributed by atoms with E-state index in [1.54, 1.807) is 6.07 Å². The number of nitrogens with zero attached hydrogens (tertiary/aromatic N) is 1. The minimum atomic E-state index is -0.587. The van der Waals surface area contributed by atoms with Gasteiger partial charge >= 0.3 is 5.55 Å². The van der Waals surface area contributed by atoms with Crippen molar-refractivity contribution in [2.75, 3.05) is 18.0 Å². The molecular weight excluding hydrogens is 242 g/mol. The van der Waals surface area contributed by atoms with Gasteiger partial charge in [-0.3, -0.25) is 4.79 Å². The van der Waals surface area contributed by atoms with Crippen LogP contribution in [-0.4, -0.2) is 19.0 Å². The number of anilines is 1. The van der Waals surface area contributed by atoms with Crippen molar-refractivity contribution in [2.24, 2.45) is 5.73 Å². The van der Waals surface area contributed by atoms with Gasteiger partial charge in [0.2, 0.25) is 0 Å². The van der Waals surface area contributed by atoms with Crippen molar-refractivity contribution in [3.05, 3.63) is 35.4 Å². The van der Waals surface area contributed by atoms with E-state index < -0.39 is 5.91 Å². The summed E-state index contributed by atoms with van der Waals surface area (Å²) in [5.41, 5.74) is 7.21. The van der Waals surface area contributed by atoms with Gasteiger partial charge < -0.3 is 15.1 Å². The van der Waals surface area contributed by atoms with Crippen molar-refractivity contribution < 1.29 is 14.6 Å². The Morgan fingerprint density at radius 2 is 2.00 bits per heavy atom. The number of primary amides is 1. The molecule has 2 aromatic rings. The SMILES string of the molecule is CCN(CC)c1ccc2cc(C(N)=O)c(=[NH2+])oc2c1. The zero-order valence-corrected chi connectivity index (χ0v) is 11.1. The lowest BCUT2D eigenvalue weighted by Crippen LogP contribution is -2.48. The van der Waals surface area contributed by atoms with Gasteiger partial charge in [0, 0.05) is 30.2 Å². The smallest absolute Gasteiger partial charge is 0.377 e. The molecule has 0 radical (unpaired) electrons. The van der Waals surface area contributed by atoms with Crippen molar-refractivity contribution in [3.8, 4) is 0 Å². The summed E-state index contributed by atoms with van der Waals surface area (Å²) < 4.78 is 5.48. The number of amides is 1. The Bertz CT molecular complexity index is 672. The Labute approximate surface area is 111 Å². The first-order valence-corrected chi connectivity index (χ1v) is 6.28. The molecule has 5 nitrogen and oxygen atoms in total. The Kier molecular flexibility index (Phi) is 3.55. The molecule has 0 spiro atoms. The van der Waals surface area contributed by atoms with E-state index in [-0.39, 0.29) is 11.1 Å². The Morgan fingerprint density at radius 3 is 2.58 bits per heavy atom. The molecule has 5 heteroatoms. The maximum atomic E-state index is 11.2. The van der Waals surface area contributed by atoms with Crippen molar-refractivity contribution in [3.63, 3.8) is 0 Å². The molecule has 0 unspecified atom stereocenters. The van der Waals surface area contributed by atoms with Crippen LogP contribution in [0.15, 0.2) is 28.7 Å². The van der Waals surface area contributed by atoms with Crippen LogP contribution in [0.1, 0.15) is 24.2 Å². The number of carbonyl (C=O) groups is 1. The zero-order chi connectivity index (χ0) is 14.0. The molecule has 0 aliphatic heterocycles. The van der Waals surface area contributed by atoms with Gasteiger partial charge in [-0.05, 0) is 32.0 Å². The largest absolute Gasteiger partial charge is 0.404 e. The monoisotopic (exact) mass is 260 g/mol. The van der Waals surface area contributed by atoms with Crippen LogP contribution in [0.3, 0.4) is 0 Å². The molecule has 0 aliphatic carbocycles. The third-order valence-corrected chi connectivity index (χ3v) is 3.18. The summed E-state index contributed by atoms with van der Waals surface area (Å²) in [7, 11) is 0. The number of hydrogen-bond acceptors (Lipinski definition) is 3. The number of benzene rings is 1. The quantitative estimate of drug-likeness (QED) is 0.813. The van der Waals surface area contributed by atoms with Crippen molar-refractivity contribution >= 4 is 22.6 Å². The van der Waals surface area contributed by atoms with Crippen LogP contribution >= 0.6 is 0 Å². The highest BCUT2D eigenvalue weighted by molar-refractivity contribution is 5.95. The lowest BCUT2D eigenvalue weighted by molar-refractivity contribution is -0.197. The fraction of sp³-hybridized carbons (Fsp3) is 0.286. The second-order valence-corrected chi connectivity index (χ2v) is 4.28. The Morgan fingerprint density at radius 1 is 1.32 bits per heavy atom. The van der Waals surface area contributed by atoms with E-state index >= 15 is 0 Å². The second kappa shape index (κ2) is 5.14. The normalized spacial score (nSPS) is 10.6. The molecule has 0 fully saturated rings. The van der Waals surface area contributed by atoms with Crippen LogP contribution < -0.4 is 21.6 Å². The number of carbonyl (C=O) groups excluding carboxylic acids is 1. The summed E-state index contributed by atoms with van der Waals surface area (Å²) in [5.74, 6) is -0.587. The molecular formula is C14H18N3O2+. The van der Waals surface area contributed by atoms with Crippen LogP contribution in [0.4, 0.5) is 5.69 Å². The fourth-order valence-electron chi connectivity index (χ4n) is 2.11. The molecule has 4 N–H and O–H groups in total. The van der Waals surface area contributed by atoms with Gasteiger partial charge in [-0.1, -0.05) is 0 Å². The lowest BCUT2D eigenvalue weighted by Gasteiger charge is -2.20. The number of nitrogens with two attached hydrogens (primary N) is 2. The lowest BCUT2D eigenvalue weighted by atomic mass is 10.1. The summed E-state index contributed by atoms with van der Waals surface area (Å²) in [6, 6.07) is 7.47. The third-order valence-electron chi connectivity index (χ3n) is 3.18. The van der Waals surface area contributed by atoms with E-state index in [2.05, 4.69) is 18.7 Å². The molecule has 1 heterocycles. The Balaban J connectivity index is 2.59. The van der Waals surface area contributed by atoms with Gasteiger partial charge in [0.25, 0.3) is 5.91 Å². The maximum absolute atomic E-state index is 11.2. The highest BCUT2D eigenvalue weighted by atomic mass is 16.3. The van der Waals surface area contributed by atoms with Gasteiger partial charge in [-0.15, -0.1) is 0 Å². The van der Waals surface area contributed by atoms with Crippen molar-refractivity contribution in [2.45, 2.75) is 13.8 Å². The van der Waals surface area contributed by atoms with Crippen LogP contribution in [0.25, 0.3) is 11.0 Å². The van der Waals surface area contributed by atoms with E-state index in [0.717, 1.165) is 24.2 Å². The average Bonchev–Trinajstić information content (AvgIpc) is 2.38. The van der Waals surface area contributed by atoms with Gasteiger partial charge in [0.1, 0.15) is 5.58 Å². The van der Waals surface area contributed by atoms with Crippen LogP contribution in [0.2, 0.25) is 0 Å². The van der Waals surface area contributed by atoms with E-state index in [1.165, 1.54) is 0 Å². The molecule has 100 valence electrons. The molecule has 1 amide bonds. The molecule has 0 saturated heterocycles. The molecule has 0 saturated carbocycles. The summed E-state index contributed by atoms with van der Waals surface area (Å²) in [6.45, 7) is 6.01. The van der Waals surface area contributed by atoms with Crippen LogP contribution in [0.5, 0.6) is 0 Å². The van der Waals surface area contributed by atoms with E-state index in [0.29, 0.717) is 5.58 Å². The van der Waals surface area contributed by atoms with E-state index in [4.69, 9.17) is 15.6 Å². The van der Waals surface area contributed by atoms with Gasteiger partial charge in [0.15, 0.2) is 5.56 Å². The molecule has 19 heavy (non-hydrogen) atoms. The van der Waals surface area contributed by atoms with Crippen molar-refractivity contribution in [1.29, 1.82) is 0 Å². The molecule has 2 rings (SSSR count). The van der Waals surface area contributed by atoms with E-state index in [9.17, 15) is 4.79 Å². The molecule has 0 aliphatic rings. The standard InChI is InChI=1S/C14H17N3O2/c1-3-17(4-2)10-6-5-9-7-11(13(15)18)14(16)19-12(9)8-10/h5-8,16H,3-4H2,1-2H3,(H2,15,18)/p+1. The summed E-state index contributed by atoms with van der Waals surface area (Å²) in [5, 5.41) is 6.50. The maximum Gasteiger partial charge on any atom is 0.377 e. The molecule has 1 aromatic heterocycles. The third kappa shape index (κ3) is 2.45. The minimum absolute atomic E-state index is 0.0525. The summed E-state index contributed by atoms with van der Waals surface area (Å²) in [6.07, 6.45) is 0. The van der Waals surface area contributed by atoms with Gasteiger partial charge in [-0.2, -0.15) is 0 Å². The highest BCUT2D eigenvalue weighted by Crippen LogP contribution is 2.21.